The molecule has 1 aliphatic rings. The van der Waals surface area contributed by atoms with E-state index in [0.717, 1.165) is 50.1 Å². The van der Waals surface area contributed by atoms with E-state index in [0.29, 0.717) is 0 Å². The molecule has 1 aromatic heterocycles. The quantitative estimate of drug-likeness (QED) is 0.161. The fourth-order valence-electron chi connectivity index (χ4n) is 9.45. The Balaban J connectivity index is 1.11. The van der Waals surface area contributed by atoms with Crippen molar-refractivity contribution >= 4 is 39.0 Å². The maximum Gasteiger partial charge on any atom is 0.143 e. The summed E-state index contributed by atoms with van der Waals surface area (Å²) in [5.74, 6) is 0. The lowest BCUT2D eigenvalue weighted by Gasteiger charge is -2.35. The molecule has 0 fully saturated rings. The number of anilines is 3. The summed E-state index contributed by atoms with van der Waals surface area (Å²) in [7, 11) is 0. The van der Waals surface area contributed by atoms with Gasteiger partial charge in [-0.25, -0.2) is 0 Å². The van der Waals surface area contributed by atoms with E-state index >= 15 is 0 Å². The molecule has 1 heterocycles. The Labute approximate surface area is 345 Å². The molecule has 0 spiro atoms. The zero-order valence-corrected chi connectivity index (χ0v) is 33.1. The summed E-state index contributed by atoms with van der Waals surface area (Å²) in [6, 6.07) is 77.7. The zero-order chi connectivity index (χ0) is 39.5. The summed E-state index contributed by atoms with van der Waals surface area (Å²) in [4.78, 5) is 2.40. The van der Waals surface area contributed by atoms with E-state index in [9.17, 15) is 0 Å². The number of nitrogens with zero attached hydrogens (tertiary/aromatic N) is 1. The van der Waals surface area contributed by atoms with Crippen molar-refractivity contribution in [3.05, 3.63) is 246 Å². The Morgan fingerprint density at radius 2 is 0.898 bits per heavy atom. The van der Waals surface area contributed by atoms with Crippen molar-refractivity contribution in [2.24, 2.45) is 0 Å². The van der Waals surface area contributed by atoms with Crippen LogP contribution in [-0.4, -0.2) is 0 Å². The molecule has 0 amide bonds. The minimum absolute atomic E-state index is 0.513. The lowest BCUT2D eigenvalue weighted by Crippen LogP contribution is -2.29. The molecule has 10 aromatic rings. The lowest BCUT2D eigenvalue weighted by atomic mass is 9.67. The van der Waals surface area contributed by atoms with Crippen LogP contribution in [0.3, 0.4) is 0 Å². The molecule has 0 atom stereocenters. The Kier molecular flexibility index (Phi) is 8.20. The molecule has 11 rings (SSSR count). The standard InChI is InChI=1S/C57H41NO/c1-38-19-27-43(28-20-38)57(44-29-21-39(2)22-30-44)53-17-8-6-13-49(53)50-36-35-47(37-54(50)57)58(45-31-23-41(24-32-45)40-11-4-3-5-12-40)46-33-25-42(26-34-46)48-15-10-16-52-51-14-7-9-18-55(51)59-56(48)52/h3-37H,1-2H3. The Morgan fingerprint density at radius 3 is 1.59 bits per heavy atom. The predicted octanol–water partition coefficient (Wildman–Crippen LogP) is 15.4. The van der Waals surface area contributed by atoms with E-state index in [2.05, 4.69) is 219 Å². The molecule has 0 unspecified atom stereocenters. The van der Waals surface area contributed by atoms with Gasteiger partial charge >= 0.3 is 0 Å². The molecular weight excluding hydrogens is 715 g/mol. The third kappa shape index (κ3) is 5.63. The van der Waals surface area contributed by atoms with Crippen molar-refractivity contribution in [2.75, 3.05) is 4.90 Å². The summed E-state index contributed by atoms with van der Waals surface area (Å²) in [5, 5.41) is 2.27. The molecular formula is C57H41NO. The highest BCUT2D eigenvalue weighted by Crippen LogP contribution is 2.57. The minimum atomic E-state index is -0.513. The molecule has 0 aliphatic heterocycles. The average molecular weight is 756 g/mol. The SMILES string of the molecule is Cc1ccc(C2(c3ccc(C)cc3)c3ccccc3-c3ccc(N(c4ccc(-c5ccccc5)cc4)c4ccc(-c5cccc6c5oc5ccccc56)cc4)cc32)cc1. The molecule has 1 aliphatic carbocycles. The van der Waals surface area contributed by atoms with E-state index in [4.69, 9.17) is 4.42 Å². The van der Waals surface area contributed by atoms with Crippen LogP contribution in [0.25, 0.3) is 55.3 Å². The van der Waals surface area contributed by atoms with Crippen LogP contribution in [-0.2, 0) is 5.41 Å². The smallest absolute Gasteiger partial charge is 0.143 e. The second-order valence-electron chi connectivity index (χ2n) is 15.8. The van der Waals surface area contributed by atoms with Crippen molar-refractivity contribution in [1.29, 1.82) is 0 Å². The topological polar surface area (TPSA) is 16.4 Å². The maximum absolute atomic E-state index is 6.47. The number of aryl methyl sites for hydroxylation is 2. The molecule has 9 aromatic carbocycles. The Bertz CT molecular complexity index is 3090. The molecule has 59 heavy (non-hydrogen) atoms. The van der Waals surface area contributed by atoms with Gasteiger partial charge in [-0.2, -0.15) is 0 Å². The summed E-state index contributed by atoms with van der Waals surface area (Å²) >= 11 is 0. The first kappa shape index (κ1) is 34.8. The highest BCUT2D eigenvalue weighted by molar-refractivity contribution is 6.09. The monoisotopic (exact) mass is 755 g/mol. The van der Waals surface area contributed by atoms with Crippen LogP contribution >= 0.6 is 0 Å². The summed E-state index contributed by atoms with van der Waals surface area (Å²) < 4.78 is 6.47. The highest BCUT2D eigenvalue weighted by atomic mass is 16.3. The maximum atomic E-state index is 6.47. The molecule has 0 saturated heterocycles. The number of hydrogen-bond donors (Lipinski definition) is 0. The van der Waals surface area contributed by atoms with Crippen LogP contribution in [0.5, 0.6) is 0 Å². The van der Waals surface area contributed by atoms with Gasteiger partial charge in [0, 0.05) is 33.4 Å². The third-order valence-corrected chi connectivity index (χ3v) is 12.3. The van der Waals surface area contributed by atoms with E-state index in [1.807, 2.05) is 12.1 Å². The van der Waals surface area contributed by atoms with E-state index in [1.54, 1.807) is 0 Å². The van der Waals surface area contributed by atoms with Gasteiger partial charge in [0.1, 0.15) is 11.2 Å². The number of furan rings is 1. The van der Waals surface area contributed by atoms with Crippen molar-refractivity contribution in [3.63, 3.8) is 0 Å². The molecule has 0 bridgehead atoms. The normalized spacial score (nSPS) is 12.7. The molecule has 0 saturated carbocycles. The minimum Gasteiger partial charge on any atom is -0.455 e. The fraction of sp³-hybridized carbons (Fsp3) is 0.0526. The van der Waals surface area contributed by atoms with Gasteiger partial charge in [-0.3, -0.25) is 0 Å². The van der Waals surface area contributed by atoms with Crippen LogP contribution in [0.4, 0.5) is 17.1 Å². The van der Waals surface area contributed by atoms with Crippen molar-refractivity contribution in [2.45, 2.75) is 19.3 Å². The number of para-hydroxylation sites is 2. The molecule has 2 nitrogen and oxygen atoms in total. The van der Waals surface area contributed by atoms with E-state index in [-0.39, 0.29) is 0 Å². The number of rotatable bonds is 7. The summed E-state index contributed by atoms with van der Waals surface area (Å²) in [6.07, 6.45) is 0. The Morgan fingerprint density at radius 1 is 0.373 bits per heavy atom. The second kappa shape index (κ2) is 13.9. The van der Waals surface area contributed by atoms with Crippen molar-refractivity contribution < 1.29 is 4.42 Å². The fourth-order valence-corrected chi connectivity index (χ4v) is 9.45. The van der Waals surface area contributed by atoms with Crippen molar-refractivity contribution in [1.82, 2.24) is 0 Å². The van der Waals surface area contributed by atoms with Crippen molar-refractivity contribution in [3.8, 4) is 33.4 Å². The lowest BCUT2D eigenvalue weighted by molar-refractivity contribution is 0.670. The first-order valence-electron chi connectivity index (χ1n) is 20.4. The molecule has 2 heteroatoms. The van der Waals surface area contributed by atoms with Crippen LogP contribution in [0.1, 0.15) is 33.4 Å². The van der Waals surface area contributed by atoms with Gasteiger partial charge in [0.15, 0.2) is 0 Å². The van der Waals surface area contributed by atoms with Crippen LogP contribution < -0.4 is 4.90 Å². The van der Waals surface area contributed by atoms with E-state index < -0.39 is 5.41 Å². The molecule has 280 valence electrons. The van der Waals surface area contributed by atoms with Crippen LogP contribution in [0, 0.1) is 13.8 Å². The van der Waals surface area contributed by atoms with E-state index in [1.165, 1.54) is 55.6 Å². The first-order chi connectivity index (χ1) is 29.1. The number of benzene rings is 9. The summed E-state index contributed by atoms with van der Waals surface area (Å²) in [6.45, 7) is 4.33. The average Bonchev–Trinajstić information content (AvgIpc) is 3.82. The third-order valence-electron chi connectivity index (χ3n) is 12.3. The van der Waals surface area contributed by atoms with Gasteiger partial charge in [0.05, 0.1) is 5.41 Å². The van der Waals surface area contributed by atoms with Gasteiger partial charge in [-0.05, 0) is 106 Å². The first-order valence-corrected chi connectivity index (χ1v) is 20.4. The van der Waals surface area contributed by atoms with Gasteiger partial charge in [0.2, 0.25) is 0 Å². The zero-order valence-electron chi connectivity index (χ0n) is 33.1. The molecule has 0 radical (unpaired) electrons. The highest BCUT2D eigenvalue weighted by Gasteiger charge is 2.46. The number of hydrogen-bond acceptors (Lipinski definition) is 2. The largest absolute Gasteiger partial charge is 0.455 e. The predicted molar refractivity (Wildman–Crippen MR) is 246 cm³/mol. The van der Waals surface area contributed by atoms with Gasteiger partial charge < -0.3 is 9.32 Å². The second-order valence-corrected chi connectivity index (χ2v) is 15.8. The van der Waals surface area contributed by atoms with Crippen LogP contribution in [0.2, 0.25) is 0 Å². The van der Waals surface area contributed by atoms with Gasteiger partial charge in [-0.15, -0.1) is 0 Å². The molecule has 0 N–H and O–H groups in total. The Hall–Kier alpha value is -7.42. The van der Waals surface area contributed by atoms with Gasteiger partial charge in [0.25, 0.3) is 0 Å². The van der Waals surface area contributed by atoms with Gasteiger partial charge in [-0.1, -0.05) is 181 Å². The summed E-state index contributed by atoms with van der Waals surface area (Å²) in [5.41, 5.74) is 19.3. The van der Waals surface area contributed by atoms with Crippen LogP contribution in [0.15, 0.2) is 217 Å². The number of fused-ring (bicyclic) bond motifs is 6.